The third-order valence-corrected chi connectivity index (χ3v) is 5.84. The molecule has 0 bridgehead atoms. The van der Waals surface area contributed by atoms with E-state index in [0.29, 0.717) is 10.6 Å². The van der Waals surface area contributed by atoms with Gasteiger partial charge in [0, 0.05) is 49.0 Å². The predicted octanol–water partition coefficient (Wildman–Crippen LogP) is 4.01. The van der Waals surface area contributed by atoms with Crippen molar-refractivity contribution >= 4 is 52.4 Å². The largest absolute Gasteiger partial charge is 0.380 e. The van der Waals surface area contributed by atoms with Crippen LogP contribution in [0.25, 0.3) is 5.70 Å². The number of aromatic nitrogens is 1. The number of halogens is 1. The molecule has 3 rings (SSSR count). The van der Waals surface area contributed by atoms with Crippen molar-refractivity contribution in [3.63, 3.8) is 0 Å². The second-order valence-electron chi connectivity index (χ2n) is 6.60. The van der Waals surface area contributed by atoms with E-state index < -0.39 is 0 Å². The second-order valence-corrected chi connectivity index (χ2v) is 8.02. The molecule has 1 aliphatic heterocycles. The summed E-state index contributed by atoms with van der Waals surface area (Å²) in [6.45, 7) is 2.09. The third kappa shape index (κ3) is 4.08. The lowest BCUT2D eigenvalue weighted by atomic mass is 10.1. The SMILES string of the molecule is CC1CSC(C=O)=C(c2cc(Nc3ccnc(Cl)c3C#N)ccc2N(C)C)N1. The first-order valence-corrected chi connectivity index (χ1v) is 10.0. The number of pyridine rings is 1. The number of nitrogens with one attached hydrogen (secondary N) is 2. The Bertz CT molecular complexity index is 983. The number of carbonyl (C=O) groups is 1. The Morgan fingerprint density at radius 2 is 2.21 bits per heavy atom. The summed E-state index contributed by atoms with van der Waals surface area (Å²) in [5, 5.41) is 16.2. The van der Waals surface area contributed by atoms with E-state index in [4.69, 9.17) is 11.6 Å². The van der Waals surface area contributed by atoms with Crippen LogP contribution in [0, 0.1) is 11.3 Å². The van der Waals surface area contributed by atoms with E-state index in [1.807, 2.05) is 37.2 Å². The Labute approximate surface area is 173 Å². The van der Waals surface area contributed by atoms with Crippen LogP contribution in [0.2, 0.25) is 5.15 Å². The smallest absolute Gasteiger partial charge is 0.158 e. The zero-order valence-electron chi connectivity index (χ0n) is 15.8. The van der Waals surface area contributed by atoms with Gasteiger partial charge in [-0.3, -0.25) is 4.79 Å². The van der Waals surface area contributed by atoms with Crippen molar-refractivity contribution in [2.24, 2.45) is 0 Å². The second kappa shape index (κ2) is 8.55. The molecule has 0 amide bonds. The molecule has 0 saturated carbocycles. The fourth-order valence-corrected chi connectivity index (χ4v) is 4.05. The fraction of sp³-hybridized carbons (Fsp3) is 0.250. The van der Waals surface area contributed by atoms with Crippen LogP contribution in [-0.4, -0.2) is 37.2 Å². The lowest BCUT2D eigenvalue weighted by Gasteiger charge is -2.28. The molecule has 8 heteroatoms. The number of nitrogens with zero attached hydrogens (tertiary/aromatic N) is 3. The predicted molar refractivity (Wildman–Crippen MR) is 116 cm³/mol. The van der Waals surface area contributed by atoms with Crippen LogP contribution >= 0.6 is 23.4 Å². The van der Waals surface area contributed by atoms with Crippen LogP contribution in [0.4, 0.5) is 17.1 Å². The van der Waals surface area contributed by atoms with Crippen molar-refractivity contribution in [2.75, 3.05) is 30.1 Å². The highest BCUT2D eigenvalue weighted by atomic mass is 35.5. The van der Waals surface area contributed by atoms with Gasteiger partial charge in [-0.15, -0.1) is 11.8 Å². The van der Waals surface area contributed by atoms with Crippen molar-refractivity contribution in [1.82, 2.24) is 10.3 Å². The monoisotopic (exact) mass is 413 g/mol. The molecule has 0 spiro atoms. The zero-order valence-corrected chi connectivity index (χ0v) is 17.4. The maximum absolute atomic E-state index is 11.6. The number of thioether (sulfide) groups is 1. The lowest BCUT2D eigenvalue weighted by molar-refractivity contribution is -0.104. The number of allylic oxidation sites excluding steroid dienone is 1. The molecule has 28 heavy (non-hydrogen) atoms. The molecule has 2 N–H and O–H groups in total. The summed E-state index contributed by atoms with van der Waals surface area (Å²) in [4.78, 5) is 18.3. The van der Waals surface area contributed by atoms with Crippen LogP contribution < -0.4 is 15.5 Å². The average molecular weight is 414 g/mol. The molecule has 1 unspecified atom stereocenters. The average Bonchev–Trinajstić information content (AvgIpc) is 2.68. The van der Waals surface area contributed by atoms with Crippen LogP contribution in [0.1, 0.15) is 18.1 Å². The Kier molecular flexibility index (Phi) is 6.12. The van der Waals surface area contributed by atoms with Gasteiger partial charge >= 0.3 is 0 Å². The van der Waals surface area contributed by atoms with E-state index in [1.54, 1.807) is 24.0 Å². The number of anilines is 3. The van der Waals surface area contributed by atoms with Gasteiger partial charge in [-0.25, -0.2) is 4.98 Å². The maximum atomic E-state index is 11.6. The van der Waals surface area contributed by atoms with Crippen molar-refractivity contribution < 1.29 is 4.79 Å². The van der Waals surface area contributed by atoms with Crippen LogP contribution in [0.15, 0.2) is 35.4 Å². The van der Waals surface area contributed by atoms with Crippen molar-refractivity contribution in [3.8, 4) is 6.07 Å². The highest BCUT2D eigenvalue weighted by Gasteiger charge is 2.22. The van der Waals surface area contributed by atoms with Gasteiger partial charge in [0.15, 0.2) is 6.29 Å². The van der Waals surface area contributed by atoms with Gasteiger partial charge in [0.25, 0.3) is 0 Å². The summed E-state index contributed by atoms with van der Waals surface area (Å²) in [6, 6.07) is 9.90. The number of hydrogen-bond donors (Lipinski definition) is 2. The molecule has 0 fully saturated rings. The van der Waals surface area contributed by atoms with Gasteiger partial charge in [0.1, 0.15) is 16.8 Å². The summed E-state index contributed by atoms with van der Waals surface area (Å²) in [6.07, 6.45) is 2.45. The highest BCUT2D eigenvalue weighted by Crippen LogP contribution is 2.36. The summed E-state index contributed by atoms with van der Waals surface area (Å²) >= 11 is 7.58. The van der Waals surface area contributed by atoms with E-state index in [9.17, 15) is 10.1 Å². The molecule has 2 aromatic rings. The van der Waals surface area contributed by atoms with E-state index in [0.717, 1.165) is 34.7 Å². The normalized spacial score (nSPS) is 16.2. The zero-order chi connectivity index (χ0) is 20.3. The first kappa shape index (κ1) is 20.1. The van der Waals surface area contributed by atoms with E-state index in [1.165, 1.54) is 0 Å². The number of aldehydes is 1. The van der Waals surface area contributed by atoms with Gasteiger partial charge in [-0.05, 0) is 31.2 Å². The molecule has 0 aliphatic carbocycles. The fourth-order valence-electron chi connectivity index (χ4n) is 2.96. The lowest BCUT2D eigenvalue weighted by Crippen LogP contribution is -2.32. The van der Waals surface area contributed by atoms with E-state index >= 15 is 0 Å². The Hall–Kier alpha value is -2.69. The number of carbonyl (C=O) groups excluding carboxylic acids is 1. The maximum Gasteiger partial charge on any atom is 0.158 e. The Morgan fingerprint density at radius 1 is 1.43 bits per heavy atom. The minimum absolute atomic E-state index is 0.155. The molecule has 6 nitrogen and oxygen atoms in total. The summed E-state index contributed by atoms with van der Waals surface area (Å²) in [5.41, 5.74) is 4.36. The topological polar surface area (TPSA) is 81.0 Å². The minimum Gasteiger partial charge on any atom is -0.380 e. The molecule has 1 aromatic heterocycles. The number of rotatable bonds is 5. The van der Waals surface area contributed by atoms with Gasteiger partial charge in [-0.1, -0.05) is 11.6 Å². The summed E-state index contributed by atoms with van der Waals surface area (Å²) < 4.78 is 0. The van der Waals surface area contributed by atoms with Gasteiger partial charge < -0.3 is 15.5 Å². The van der Waals surface area contributed by atoms with Gasteiger partial charge in [0.2, 0.25) is 0 Å². The number of hydrogen-bond acceptors (Lipinski definition) is 7. The molecule has 1 atom stereocenters. The summed E-state index contributed by atoms with van der Waals surface area (Å²) in [7, 11) is 3.92. The molecular weight excluding hydrogens is 394 g/mol. The number of benzene rings is 1. The van der Waals surface area contributed by atoms with Crippen molar-refractivity contribution in [1.29, 1.82) is 5.26 Å². The van der Waals surface area contributed by atoms with Crippen molar-refractivity contribution in [2.45, 2.75) is 13.0 Å². The van der Waals surface area contributed by atoms with Crippen LogP contribution in [0.3, 0.4) is 0 Å². The molecule has 1 aromatic carbocycles. The van der Waals surface area contributed by atoms with E-state index in [-0.39, 0.29) is 16.8 Å². The Morgan fingerprint density at radius 3 is 2.89 bits per heavy atom. The molecule has 1 aliphatic rings. The summed E-state index contributed by atoms with van der Waals surface area (Å²) in [5.74, 6) is 0.841. The van der Waals surface area contributed by atoms with Crippen molar-refractivity contribution in [3.05, 3.63) is 51.6 Å². The number of nitriles is 1. The van der Waals surface area contributed by atoms with Crippen LogP contribution in [-0.2, 0) is 4.79 Å². The Balaban J connectivity index is 2.09. The van der Waals surface area contributed by atoms with Gasteiger partial charge in [-0.2, -0.15) is 5.26 Å². The van der Waals surface area contributed by atoms with Gasteiger partial charge in [0.05, 0.1) is 16.3 Å². The molecule has 0 radical (unpaired) electrons. The first-order chi connectivity index (χ1) is 13.4. The first-order valence-electron chi connectivity index (χ1n) is 8.66. The standard InChI is InChI=1S/C20H20ClN5OS/c1-12-11-28-18(10-27)19(24-12)14-8-13(4-5-17(14)26(2)3)25-16-6-7-23-20(21)15(16)9-22/h4-8,10,12,24H,11H2,1-3H3,(H,23,25). The molecule has 2 heterocycles. The molecular formula is C20H20ClN5OS. The van der Waals surface area contributed by atoms with Crippen LogP contribution in [0.5, 0.6) is 0 Å². The molecule has 144 valence electrons. The van der Waals surface area contributed by atoms with E-state index in [2.05, 4.69) is 28.6 Å². The molecule has 0 saturated heterocycles. The quantitative estimate of drug-likeness (QED) is 0.566. The third-order valence-electron chi connectivity index (χ3n) is 4.28. The minimum atomic E-state index is 0.155. The highest BCUT2D eigenvalue weighted by molar-refractivity contribution is 8.04.